The van der Waals surface area contributed by atoms with Crippen molar-refractivity contribution >= 4 is 33.2 Å². The van der Waals surface area contributed by atoms with Crippen molar-refractivity contribution in [1.82, 2.24) is 0 Å². The smallest absolute Gasteiger partial charge is 0.147 e. The van der Waals surface area contributed by atoms with Gasteiger partial charge in [0.25, 0.3) is 0 Å². The van der Waals surface area contributed by atoms with Gasteiger partial charge in [-0.1, -0.05) is 11.6 Å². The molecule has 1 atom stereocenters. The fraction of sp³-hybridized carbons (Fsp3) is 0.455. The van der Waals surface area contributed by atoms with Gasteiger partial charge >= 0.3 is 0 Å². The fourth-order valence-electron chi connectivity index (χ4n) is 1.50. The van der Waals surface area contributed by atoms with Crippen LogP contribution in [0.15, 0.2) is 22.7 Å². The minimum atomic E-state index is 0.225. The second kappa shape index (κ2) is 5.87. The van der Waals surface area contributed by atoms with E-state index in [0.29, 0.717) is 11.8 Å². The summed E-state index contributed by atoms with van der Waals surface area (Å²) in [5.74, 6) is 0. The van der Waals surface area contributed by atoms with Crippen molar-refractivity contribution in [2.75, 3.05) is 25.3 Å². The van der Waals surface area contributed by atoms with Gasteiger partial charge in [-0.05, 0) is 40.5 Å². The summed E-state index contributed by atoms with van der Waals surface area (Å²) >= 11 is 9.30. The number of hydrogen-bond acceptors (Lipinski definition) is 3. The van der Waals surface area contributed by atoms with Crippen LogP contribution >= 0.6 is 27.5 Å². The van der Waals surface area contributed by atoms with Crippen molar-refractivity contribution in [1.29, 1.82) is 0 Å². The van der Waals surface area contributed by atoms with Gasteiger partial charge < -0.3 is 14.8 Å². The van der Waals surface area contributed by atoms with E-state index in [9.17, 15) is 0 Å². The van der Waals surface area contributed by atoms with E-state index >= 15 is 0 Å². The highest BCUT2D eigenvalue weighted by Crippen LogP contribution is 2.25. The second-order valence-electron chi connectivity index (χ2n) is 3.61. The highest BCUT2D eigenvalue weighted by molar-refractivity contribution is 9.10. The summed E-state index contributed by atoms with van der Waals surface area (Å²) in [6.07, 6.45) is 1.16. The Morgan fingerprint density at radius 1 is 1.50 bits per heavy atom. The third-order valence-corrected chi connectivity index (χ3v) is 3.64. The van der Waals surface area contributed by atoms with E-state index in [1.165, 1.54) is 0 Å². The lowest BCUT2D eigenvalue weighted by Crippen LogP contribution is -2.30. The van der Waals surface area contributed by atoms with Crippen molar-refractivity contribution in [3.63, 3.8) is 0 Å². The Kier molecular flexibility index (Phi) is 4.46. The summed E-state index contributed by atoms with van der Waals surface area (Å²) in [5.41, 5.74) is 1.03. The summed E-state index contributed by atoms with van der Waals surface area (Å²) < 4.78 is 11.4. The Hall–Kier alpha value is -0.290. The van der Waals surface area contributed by atoms with E-state index in [1.54, 1.807) is 0 Å². The first-order valence-corrected chi connectivity index (χ1v) is 6.31. The summed E-state index contributed by atoms with van der Waals surface area (Å²) in [5, 5.41) is 4.03. The van der Waals surface area contributed by atoms with Crippen molar-refractivity contribution in [2.45, 2.75) is 12.5 Å². The first-order valence-electron chi connectivity index (χ1n) is 5.14. The Bertz CT molecular complexity index is 356. The molecule has 5 heteroatoms. The molecule has 0 aliphatic carbocycles. The predicted molar refractivity (Wildman–Crippen MR) is 68.0 cm³/mol. The van der Waals surface area contributed by atoms with E-state index in [-0.39, 0.29) is 6.10 Å². The molecular weight excluding hydrogens is 293 g/mol. The molecule has 1 unspecified atom stereocenters. The maximum atomic E-state index is 5.91. The molecular formula is C11H13BrClNO2. The van der Waals surface area contributed by atoms with Crippen LogP contribution in [0, 0.1) is 0 Å². The average Bonchev–Trinajstić information content (AvgIpc) is 2.32. The molecule has 0 spiro atoms. The monoisotopic (exact) mass is 305 g/mol. The highest BCUT2D eigenvalue weighted by Gasteiger charge is 2.13. The van der Waals surface area contributed by atoms with Crippen molar-refractivity contribution in [3.8, 4) is 0 Å². The molecule has 1 aromatic carbocycles. The van der Waals surface area contributed by atoms with Gasteiger partial charge in [-0.3, -0.25) is 0 Å². The molecule has 1 N–H and O–H groups in total. The lowest BCUT2D eigenvalue weighted by atomic mass is 10.2. The first kappa shape index (κ1) is 12.2. The summed E-state index contributed by atoms with van der Waals surface area (Å²) in [6, 6.07) is 5.77. The van der Waals surface area contributed by atoms with Crippen LogP contribution in [0.1, 0.15) is 6.42 Å². The predicted octanol–water partition coefficient (Wildman–Crippen LogP) is 3.28. The quantitative estimate of drug-likeness (QED) is 0.929. The molecule has 3 nitrogen and oxygen atoms in total. The third kappa shape index (κ3) is 3.35. The fourth-order valence-corrected chi connectivity index (χ4v) is 2.00. The van der Waals surface area contributed by atoms with E-state index in [1.807, 2.05) is 18.2 Å². The first-order chi connectivity index (χ1) is 7.75. The Balaban J connectivity index is 1.86. The third-order valence-electron chi connectivity index (χ3n) is 2.42. The van der Waals surface area contributed by atoms with Crippen LogP contribution in [0.4, 0.5) is 5.69 Å². The number of nitrogens with one attached hydrogen (secondary N) is 1. The van der Waals surface area contributed by atoms with Crippen LogP contribution in [-0.2, 0) is 9.47 Å². The van der Waals surface area contributed by atoms with Gasteiger partial charge in [0.05, 0.1) is 17.7 Å². The topological polar surface area (TPSA) is 30.5 Å². The van der Waals surface area contributed by atoms with Crippen molar-refractivity contribution < 1.29 is 9.47 Å². The van der Waals surface area contributed by atoms with Crippen LogP contribution < -0.4 is 5.32 Å². The summed E-state index contributed by atoms with van der Waals surface area (Å²) in [6.45, 7) is 1.96. The maximum Gasteiger partial charge on any atom is 0.147 e. The Morgan fingerprint density at radius 3 is 3.06 bits per heavy atom. The minimum absolute atomic E-state index is 0.225. The van der Waals surface area contributed by atoms with Crippen LogP contribution in [0.2, 0.25) is 5.02 Å². The van der Waals surface area contributed by atoms with Gasteiger partial charge in [0.15, 0.2) is 0 Å². The molecule has 0 radical (unpaired) electrons. The molecule has 1 aliphatic heterocycles. The lowest BCUT2D eigenvalue weighted by molar-refractivity contribution is -0.133. The molecule has 1 aliphatic rings. The number of anilines is 1. The van der Waals surface area contributed by atoms with Gasteiger partial charge in [-0.25, -0.2) is 0 Å². The van der Waals surface area contributed by atoms with E-state index < -0.39 is 0 Å². The van der Waals surface area contributed by atoms with Crippen molar-refractivity contribution in [3.05, 3.63) is 27.7 Å². The molecule has 0 amide bonds. The normalized spacial score (nSPS) is 20.8. The average molecular weight is 307 g/mol. The van der Waals surface area contributed by atoms with Crippen molar-refractivity contribution in [2.24, 2.45) is 0 Å². The molecule has 1 fully saturated rings. The molecule has 0 saturated carbocycles. The molecule has 0 bridgehead atoms. The van der Waals surface area contributed by atoms with Crippen LogP contribution in [0.25, 0.3) is 0 Å². The van der Waals surface area contributed by atoms with E-state index in [2.05, 4.69) is 21.2 Å². The largest absolute Gasteiger partial charge is 0.382 e. The number of rotatable bonds is 3. The summed E-state index contributed by atoms with van der Waals surface area (Å²) in [4.78, 5) is 0. The number of benzene rings is 1. The molecule has 1 saturated heterocycles. The number of ether oxygens (including phenoxy) is 2. The molecule has 1 heterocycles. The molecule has 16 heavy (non-hydrogen) atoms. The molecule has 1 aromatic rings. The molecule has 88 valence electrons. The van der Waals surface area contributed by atoms with Crippen LogP contribution in [0.3, 0.4) is 0 Å². The summed E-state index contributed by atoms with van der Waals surface area (Å²) in [7, 11) is 0. The van der Waals surface area contributed by atoms with Crippen LogP contribution in [-0.4, -0.2) is 26.0 Å². The van der Waals surface area contributed by atoms with Gasteiger partial charge in [0, 0.05) is 16.7 Å². The van der Waals surface area contributed by atoms with Gasteiger partial charge in [-0.2, -0.15) is 0 Å². The van der Waals surface area contributed by atoms with Gasteiger partial charge in [-0.15, -0.1) is 0 Å². The minimum Gasteiger partial charge on any atom is -0.382 e. The highest BCUT2D eigenvalue weighted by atomic mass is 79.9. The standard InChI is InChI=1S/C11H13BrClNO2/c12-10-5-8(1-2-11(10)13)14-6-9-3-4-15-7-16-9/h1-2,5,9,14H,3-4,6-7H2. The Morgan fingerprint density at radius 2 is 2.38 bits per heavy atom. The van der Waals surface area contributed by atoms with E-state index in [0.717, 1.165) is 29.7 Å². The number of halogens is 2. The molecule has 0 aromatic heterocycles. The zero-order chi connectivity index (χ0) is 11.4. The number of hydrogen-bond donors (Lipinski definition) is 1. The zero-order valence-electron chi connectivity index (χ0n) is 8.71. The van der Waals surface area contributed by atoms with E-state index in [4.69, 9.17) is 21.1 Å². The Labute approximate surface area is 108 Å². The van der Waals surface area contributed by atoms with Gasteiger partial charge in [0.1, 0.15) is 6.79 Å². The SMILES string of the molecule is Clc1ccc(NCC2CCOCO2)cc1Br. The van der Waals surface area contributed by atoms with Gasteiger partial charge in [0.2, 0.25) is 0 Å². The zero-order valence-corrected chi connectivity index (χ0v) is 11.1. The van der Waals surface area contributed by atoms with Crippen LogP contribution in [0.5, 0.6) is 0 Å². The second-order valence-corrected chi connectivity index (χ2v) is 4.87. The molecule has 2 rings (SSSR count). The maximum absolute atomic E-state index is 5.91. The lowest BCUT2D eigenvalue weighted by Gasteiger charge is -2.23.